The Balaban J connectivity index is 1.20. The standard InChI is InChI=1S/C28H27N5O3/c1-17-4-2-5-21-27(17)30-25(31-28(21)29-20-8-9-23-24(11-20)36-16-35-23)15-32-12-18-10-19(14-32)22-6-3-7-26(34)33(22)13-18/h2-9,11,18-19H,10,12-16H2,1H3,(H,29,30,31)/t18-,19-/m0/s1. The highest BCUT2D eigenvalue weighted by Crippen LogP contribution is 2.37. The second kappa shape index (κ2) is 8.34. The Morgan fingerprint density at radius 2 is 1.89 bits per heavy atom. The van der Waals surface area contributed by atoms with Crippen LogP contribution in [0.15, 0.2) is 59.4 Å². The predicted molar refractivity (Wildman–Crippen MR) is 137 cm³/mol. The molecule has 36 heavy (non-hydrogen) atoms. The van der Waals surface area contributed by atoms with Crippen molar-refractivity contribution in [3.05, 3.63) is 82.0 Å². The first kappa shape index (κ1) is 21.4. The minimum absolute atomic E-state index is 0.114. The number of piperidine rings is 1. The predicted octanol–water partition coefficient (Wildman–Crippen LogP) is 4.19. The summed E-state index contributed by atoms with van der Waals surface area (Å²) in [5.74, 6) is 3.89. The zero-order valence-electron chi connectivity index (χ0n) is 20.1. The van der Waals surface area contributed by atoms with Crippen molar-refractivity contribution in [1.82, 2.24) is 19.4 Å². The molecule has 0 aliphatic carbocycles. The number of likely N-dealkylation sites (tertiary alicyclic amines) is 1. The molecule has 3 aliphatic rings. The summed E-state index contributed by atoms with van der Waals surface area (Å²) >= 11 is 0. The van der Waals surface area contributed by atoms with Crippen molar-refractivity contribution in [1.29, 1.82) is 0 Å². The lowest BCUT2D eigenvalue weighted by Gasteiger charge is -2.42. The lowest BCUT2D eigenvalue weighted by atomic mass is 9.83. The highest BCUT2D eigenvalue weighted by Gasteiger charge is 2.34. The molecule has 182 valence electrons. The van der Waals surface area contributed by atoms with Crippen LogP contribution < -0.4 is 20.3 Å². The number of pyridine rings is 1. The van der Waals surface area contributed by atoms with E-state index in [1.165, 1.54) is 0 Å². The van der Waals surface area contributed by atoms with Gasteiger partial charge in [0.25, 0.3) is 5.56 Å². The van der Waals surface area contributed by atoms with Gasteiger partial charge in [0.1, 0.15) is 11.6 Å². The van der Waals surface area contributed by atoms with Crippen LogP contribution in [0.2, 0.25) is 0 Å². The summed E-state index contributed by atoms with van der Waals surface area (Å²) in [5, 5.41) is 4.48. The first-order valence-electron chi connectivity index (χ1n) is 12.5. The van der Waals surface area contributed by atoms with Gasteiger partial charge < -0.3 is 19.4 Å². The van der Waals surface area contributed by atoms with Crippen molar-refractivity contribution in [3.8, 4) is 11.5 Å². The second-order valence-electron chi connectivity index (χ2n) is 10.0. The summed E-state index contributed by atoms with van der Waals surface area (Å²) in [5.41, 5.74) is 4.24. The fraction of sp³-hybridized carbons (Fsp3) is 0.321. The van der Waals surface area contributed by atoms with Gasteiger partial charge >= 0.3 is 0 Å². The molecular formula is C28H27N5O3. The van der Waals surface area contributed by atoms with Crippen molar-refractivity contribution >= 4 is 22.4 Å². The number of aryl methyl sites for hydroxylation is 1. The first-order chi connectivity index (χ1) is 17.6. The van der Waals surface area contributed by atoms with Gasteiger partial charge in [-0.25, -0.2) is 9.97 Å². The number of fused-ring (bicyclic) bond motifs is 6. The molecule has 0 unspecified atom stereocenters. The fourth-order valence-corrected chi connectivity index (χ4v) is 5.94. The largest absolute Gasteiger partial charge is 0.454 e. The number of aromatic nitrogens is 3. The molecule has 0 saturated carbocycles. The Kier molecular flexibility index (Phi) is 4.95. The van der Waals surface area contributed by atoms with Crippen LogP contribution in [0.5, 0.6) is 11.5 Å². The molecule has 1 saturated heterocycles. The molecule has 3 aliphatic heterocycles. The van der Waals surface area contributed by atoms with Crippen LogP contribution in [0.1, 0.15) is 29.4 Å². The number of nitrogens with zero attached hydrogens (tertiary/aromatic N) is 4. The van der Waals surface area contributed by atoms with E-state index in [0.29, 0.717) is 18.4 Å². The molecule has 1 fully saturated rings. The highest BCUT2D eigenvalue weighted by molar-refractivity contribution is 5.92. The third-order valence-electron chi connectivity index (χ3n) is 7.53. The number of hydrogen-bond acceptors (Lipinski definition) is 7. The molecule has 2 bridgehead atoms. The molecular weight excluding hydrogens is 454 g/mol. The van der Waals surface area contributed by atoms with E-state index in [-0.39, 0.29) is 12.4 Å². The van der Waals surface area contributed by atoms with Crippen molar-refractivity contribution in [3.63, 3.8) is 0 Å². The number of nitrogens with one attached hydrogen (secondary N) is 1. The third-order valence-corrected chi connectivity index (χ3v) is 7.53. The highest BCUT2D eigenvalue weighted by atomic mass is 16.7. The van der Waals surface area contributed by atoms with Crippen molar-refractivity contribution in [2.24, 2.45) is 5.92 Å². The maximum Gasteiger partial charge on any atom is 0.250 e. The van der Waals surface area contributed by atoms with Crippen LogP contribution in [0.4, 0.5) is 11.5 Å². The lowest BCUT2D eigenvalue weighted by Crippen LogP contribution is -2.46. The number of ether oxygens (including phenoxy) is 2. The van der Waals surface area contributed by atoms with E-state index in [9.17, 15) is 4.79 Å². The van der Waals surface area contributed by atoms with E-state index in [4.69, 9.17) is 19.4 Å². The van der Waals surface area contributed by atoms with E-state index in [2.05, 4.69) is 35.3 Å². The second-order valence-corrected chi connectivity index (χ2v) is 10.0. The van der Waals surface area contributed by atoms with Crippen LogP contribution >= 0.6 is 0 Å². The molecule has 2 atom stereocenters. The number of rotatable bonds is 4. The number of anilines is 2. The fourth-order valence-electron chi connectivity index (χ4n) is 5.94. The van der Waals surface area contributed by atoms with Crippen LogP contribution in [0.3, 0.4) is 0 Å². The summed E-state index contributed by atoms with van der Waals surface area (Å²) in [7, 11) is 0. The van der Waals surface area contributed by atoms with E-state index >= 15 is 0 Å². The Morgan fingerprint density at radius 1 is 1.00 bits per heavy atom. The maximum absolute atomic E-state index is 12.4. The molecule has 7 rings (SSSR count). The van der Waals surface area contributed by atoms with E-state index in [1.54, 1.807) is 6.07 Å². The summed E-state index contributed by atoms with van der Waals surface area (Å²) < 4.78 is 13.0. The molecule has 8 nitrogen and oxygen atoms in total. The van der Waals surface area contributed by atoms with Gasteiger partial charge in [0.05, 0.1) is 12.1 Å². The first-order valence-corrected chi connectivity index (χ1v) is 12.5. The molecule has 1 N–H and O–H groups in total. The van der Waals surface area contributed by atoms with Gasteiger partial charge in [-0.15, -0.1) is 0 Å². The molecule has 2 aromatic carbocycles. The van der Waals surface area contributed by atoms with Crippen LogP contribution in [0, 0.1) is 12.8 Å². The zero-order chi connectivity index (χ0) is 24.2. The van der Waals surface area contributed by atoms with Crippen molar-refractivity contribution < 1.29 is 9.47 Å². The van der Waals surface area contributed by atoms with Gasteiger partial charge in [0.15, 0.2) is 11.5 Å². The van der Waals surface area contributed by atoms with E-state index in [0.717, 1.165) is 77.0 Å². The average molecular weight is 482 g/mol. The zero-order valence-corrected chi connectivity index (χ0v) is 20.1. The Morgan fingerprint density at radius 3 is 2.83 bits per heavy atom. The summed E-state index contributed by atoms with van der Waals surface area (Å²) in [4.78, 5) is 24.8. The SMILES string of the molecule is Cc1cccc2c(Nc3ccc4c(c3)OCO4)nc(CN3C[C@@H]4C[C@@H](C3)c3cccc(=O)n3C4)nc12. The van der Waals surface area contributed by atoms with E-state index < -0.39 is 0 Å². The number of hydrogen-bond donors (Lipinski definition) is 1. The van der Waals surface area contributed by atoms with Crippen molar-refractivity contribution in [2.75, 3.05) is 25.2 Å². The van der Waals surface area contributed by atoms with Crippen LogP contribution in [0.25, 0.3) is 10.9 Å². The summed E-state index contributed by atoms with van der Waals surface area (Å²) in [6, 6.07) is 17.7. The molecule has 0 spiro atoms. The normalized spacial score (nSPS) is 20.4. The minimum Gasteiger partial charge on any atom is -0.454 e. The van der Waals surface area contributed by atoms with Gasteiger partial charge in [-0.1, -0.05) is 18.2 Å². The maximum atomic E-state index is 12.4. The van der Waals surface area contributed by atoms with Gasteiger partial charge in [0.2, 0.25) is 6.79 Å². The number of benzene rings is 2. The average Bonchev–Trinajstić information content (AvgIpc) is 3.33. The summed E-state index contributed by atoms with van der Waals surface area (Å²) in [6.07, 6.45) is 1.13. The Hall–Kier alpha value is -3.91. The van der Waals surface area contributed by atoms with E-state index in [1.807, 2.05) is 34.9 Å². The minimum atomic E-state index is 0.114. The Bertz CT molecular complexity index is 1550. The molecule has 4 aromatic rings. The van der Waals surface area contributed by atoms with Gasteiger partial charge in [-0.05, 0) is 49.1 Å². The molecule has 2 aromatic heterocycles. The monoisotopic (exact) mass is 481 g/mol. The molecule has 8 heteroatoms. The lowest BCUT2D eigenvalue weighted by molar-refractivity contribution is 0.112. The quantitative estimate of drug-likeness (QED) is 0.468. The molecule has 0 amide bonds. The van der Waals surface area contributed by atoms with Crippen LogP contribution in [-0.4, -0.2) is 39.3 Å². The smallest absolute Gasteiger partial charge is 0.250 e. The van der Waals surface area contributed by atoms with Gasteiger partial charge in [0, 0.05) is 54.5 Å². The Labute approximate surface area is 208 Å². The summed E-state index contributed by atoms with van der Waals surface area (Å²) in [6.45, 7) is 5.64. The number of para-hydroxylation sites is 1. The topological polar surface area (TPSA) is 81.5 Å². The molecule has 5 heterocycles. The third kappa shape index (κ3) is 3.69. The van der Waals surface area contributed by atoms with Crippen molar-refractivity contribution in [2.45, 2.75) is 32.4 Å². The van der Waals surface area contributed by atoms with Crippen LogP contribution in [-0.2, 0) is 13.1 Å². The molecule has 0 radical (unpaired) electrons. The van der Waals surface area contributed by atoms with Gasteiger partial charge in [-0.3, -0.25) is 9.69 Å². The van der Waals surface area contributed by atoms with Gasteiger partial charge in [-0.2, -0.15) is 0 Å².